The van der Waals surface area contributed by atoms with Crippen LogP contribution in [0.3, 0.4) is 0 Å². The van der Waals surface area contributed by atoms with Crippen LogP contribution in [-0.2, 0) is 19.6 Å². The smallest absolute Gasteiger partial charge is 0.328 e. The fourth-order valence-corrected chi connectivity index (χ4v) is 4.88. The van der Waals surface area contributed by atoms with Gasteiger partial charge in [-0.1, -0.05) is 26.3 Å². The number of esters is 1. The molecule has 0 bridgehead atoms. The lowest BCUT2D eigenvalue weighted by Crippen LogP contribution is -2.45. The van der Waals surface area contributed by atoms with E-state index < -0.39 is 27.9 Å². The summed E-state index contributed by atoms with van der Waals surface area (Å²) in [6, 6.07) is 3.78. The standard InChI is InChI=1S/C19H28N2O5S/c1-13(2)17(19(23)26-4)20-18(22)15-9-8-14(3)16(12-15)27(24,25)21-10-6-5-7-11-21/h8-9,12-13,17H,5-7,10-11H2,1-4H3,(H,20,22). The molecule has 1 heterocycles. The van der Waals surface area contributed by atoms with E-state index in [0.29, 0.717) is 18.7 Å². The van der Waals surface area contributed by atoms with E-state index >= 15 is 0 Å². The monoisotopic (exact) mass is 396 g/mol. The third kappa shape index (κ3) is 4.87. The molecule has 0 radical (unpaired) electrons. The van der Waals surface area contributed by atoms with Gasteiger partial charge < -0.3 is 10.1 Å². The van der Waals surface area contributed by atoms with Crippen LogP contribution in [0, 0.1) is 12.8 Å². The van der Waals surface area contributed by atoms with E-state index in [-0.39, 0.29) is 16.4 Å². The third-order valence-corrected chi connectivity index (χ3v) is 6.83. The van der Waals surface area contributed by atoms with E-state index in [2.05, 4.69) is 5.32 Å². The molecule has 7 nitrogen and oxygen atoms in total. The highest BCUT2D eigenvalue weighted by Gasteiger charge is 2.29. The van der Waals surface area contributed by atoms with Crippen molar-refractivity contribution in [3.05, 3.63) is 29.3 Å². The van der Waals surface area contributed by atoms with Crippen LogP contribution in [0.2, 0.25) is 0 Å². The predicted octanol–water partition coefficient (Wildman–Crippen LogP) is 2.10. The van der Waals surface area contributed by atoms with Crippen molar-refractivity contribution >= 4 is 21.9 Å². The number of methoxy groups -OCH3 is 1. The van der Waals surface area contributed by atoms with Crippen LogP contribution in [0.25, 0.3) is 0 Å². The third-order valence-electron chi connectivity index (χ3n) is 4.79. The second-order valence-corrected chi connectivity index (χ2v) is 9.07. The second kappa shape index (κ2) is 8.84. The number of ether oxygens (including phenoxy) is 1. The Labute approximate surface area is 161 Å². The molecule has 150 valence electrons. The number of nitrogens with zero attached hydrogens (tertiary/aromatic N) is 1. The van der Waals surface area contributed by atoms with Gasteiger partial charge in [-0.3, -0.25) is 4.79 Å². The summed E-state index contributed by atoms with van der Waals surface area (Å²) in [4.78, 5) is 24.6. The van der Waals surface area contributed by atoms with Gasteiger partial charge in [-0.05, 0) is 43.4 Å². The Morgan fingerprint density at radius 2 is 1.78 bits per heavy atom. The fourth-order valence-electron chi connectivity index (χ4n) is 3.11. The number of nitrogens with one attached hydrogen (secondary N) is 1. The Morgan fingerprint density at radius 1 is 1.15 bits per heavy atom. The molecule has 0 spiro atoms. The molecule has 27 heavy (non-hydrogen) atoms. The van der Waals surface area contributed by atoms with E-state index in [4.69, 9.17) is 4.74 Å². The van der Waals surface area contributed by atoms with Gasteiger partial charge in [-0.25, -0.2) is 13.2 Å². The van der Waals surface area contributed by atoms with Gasteiger partial charge in [-0.15, -0.1) is 0 Å². The van der Waals surface area contributed by atoms with Crippen LogP contribution in [-0.4, -0.2) is 50.8 Å². The molecule has 1 aromatic carbocycles. The molecule has 0 aromatic heterocycles. The van der Waals surface area contributed by atoms with Crippen molar-refractivity contribution < 1.29 is 22.7 Å². The number of hydrogen-bond donors (Lipinski definition) is 1. The predicted molar refractivity (Wildman–Crippen MR) is 102 cm³/mol. The van der Waals surface area contributed by atoms with Gasteiger partial charge in [-0.2, -0.15) is 4.31 Å². The van der Waals surface area contributed by atoms with Gasteiger partial charge >= 0.3 is 5.97 Å². The summed E-state index contributed by atoms with van der Waals surface area (Å²) in [5.74, 6) is -1.20. The van der Waals surface area contributed by atoms with E-state index in [1.165, 1.54) is 17.5 Å². The number of piperidine rings is 1. The zero-order valence-corrected chi connectivity index (χ0v) is 17.1. The minimum absolute atomic E-state index is 0.135. The maximum absolute atomic E-state index is 13.0. The molecule has 1 aromatic rings. The summed E-state index contributed by atoms with van der Waals surface area (Å²) in [7, 11) is -2.39. The summed E-state index contributed by atoms with van der Waals surface area (Å²) in [5.41, 5.74) is 0.788. The number of carbonyl (C=O) groups excluding carboxylic acids is 2. The molecule has 1 unspecified atom stereocenters. The molecular formula is C19H28N2O5S. The van der Waals surface area contributed by atoms with Crippen molar-refractivity contribution in [1.29, 1.82) is 0 Å². The zero-order valence-electron chi connectivity index (χ0n) is 16.3. The molecule has 1 N–H and O–H groups in total. The Hall–Kier alpha value is -1.93. The lowest BCUT2D eigenvalue weighted by Gasteiger charge is -2.26. The Kier molecular flexibility index (Phi) is 7.00. The number of amides is 1. The van der Waals surface area contributed by atoms with Crippen molar-refractivity contribution in [2.75, 3.05) is 20.2 Å². The average Bonchev–Trinajstić information content (AvgIpc) is 2.65. The van der Waals surface area contributed by atoms with Gasteiger partial charge in [0.2, 0.25) is 10.0 Å². The maximum Gasteiger partial charge on any atom is 0.328 e. The molecule has 1 amide bonds. The highest BCUT2D eigenvalue weighted by atomic mass is 32.2. The summed E-state index contributed by atoms with van der Waals surface area (Å²) in [6.07, 6.45) is 2.71. The summed E-state index contributed by atoms with van der Waals surface area (Å²) in [5, 5.41) is 2.64. The molecule has 2 rings (SSSR count). The zero-order chi connectivity index (χ0) is 20.2. The summed E-state index contributed by atoms with van der Waals surface area (Å²) >= 11 is 0. The Morgan fingerprint density at radius 3 is 2.33 bits per heavy atom. The van der Waals surface area contributed by atoms with Crippen molar-refractivity contribution in [3.8, 4) is 0 Å². The summed E-state index contributed by atoms with van der Waals surface area (Å²) in [6.45, 7) is 6.29. The van der Waals surface area contributed by atoms with Gasteiger partial charge in [0, 0.05) is 18.7 Å². The topological polar surface area (TPSA) is 92.8 Å². The Balaban J connectivity index is 2.30. The largest absolute Gasteiger partial charge is 0.467 e. The quantitative estimate of drug-likeness (QED) is 0.744. The van der Waals surface area contributed by atoms with Gasteiger partial charge in [0.25, 0.3) is 5.91 Å². The molecule has 1 saturated heterocycles. The van der Waals surface area contributed by atoms with Gasteiger partial charge in [0.05, 0.1) is 12.0 Å². The van der Waals surface area contributed by atoms with E-state index in [0.717, 1.165) is 19.3 Å². The number of sulfonamides is 1. The van der Waals surface area contributed by atoms with Crippen LogP contribution in [0.4, 0.5) is 0 Å². The number of carbonyl (C=O) groups is 2. The van der Waals surface area contributed by atoms with Gasteiger partial charge in [0.1, 0.15) is 6.04 Å². The fraction of sp³-hybridized carbons (Fsp3) is 0.579. The first-order valence-corrected chi connectivity index (χ1v) is 10.6. The molecule has 0 saturated carbocycles. The molecule has 1 aliphatic rings. The molecule has 1 fully saturated rings. The minimum Gasteiger partial charge on any atom is -0.467 e. The lowest BCUT2D eigenvalue weighted by atomic mass is 10.0. The SMILES string of the molecule is COC(=O)C(NC(=O)c1ccc(C)c(S(=O)(=O)N2CCCCC2)c1)C(C)C. The van der Waals surface area contributed by atoms with Gasteiger partial charge in [0.15, 0.2) is 0 Å². The Bertz CT molecular complexity index is 798. The van der Waals surface area contributed by atoms with E-state index in [1.54, 1.807) is 32.9 Å². The highest BCUT2D eigenvalue weighted by Crippen LogP contribution is 2.24. The molecule has 0 aliphatic carbocycles. The first-order valence-electron chi connectivity index (χ1n) is 9.18. The van der Waals surface area contributed by atoms with Crippen LogP contribution in [0.1, 0.15) is 49.0 Å². The molecule has 1 atom stereocenters. The van der Waals surface area contributed by atoms with Crippen LogP contribution >= 0.6 is 0 Å². The van der Waals surface area contributed by atoms with Crippen LogP contribution in [0.15, 0.2) is 23.1 Å². The molecule has 1 aliphatic heterocycles. The van der Waals surface area contributed by atoms with Crippen molar-refractivity contribution in [2.45, 2.75) is 51.0 Å². The van der Waals surface area contributed by atoms with Crippen LogP contribution < -0.4 is 5.32 Å². The number of rotatable bonds is 6. The molecule has 8 heteroatoms. The van der Waals surface area contributed by atoms with Crippen molar-refractivity contribution in [3.63, 3.8) is 0 Å². The maximum atomic E-state index is 13.0. The first-order chi connectivity index (χ1) is 12.7. The normalized spacial score (nSPS) is 16.8. The lowest BCUT2D eigenvalue weighted by molar-refractivity contribution is -0.144. The number of benzene rings is 1. The van der Waals surface area contributed by atoms with E-state index in [9.17, 15) is 18.0 Å². The molecular weight excluding hydrogens is 368 g/mol. The van der Waals surface area contributed by atoms with Crippen molar-refractivity contribution in [1.82, 2.24) is 9.62 Å². The number of hydrogen-bond acceptors (Lipinski definition) is 5. The highest BCUT2D eigenvalue weighted by molar-refractivity contribution is 7.89. The van der Waals surface area contributed by atoms with Crippen LogP contribution in [0.5, 0.6) is 0 Å². The average molecular weight is 397 g/mol. The van der Waals surface area contributed by atoms with Crippen molar-refractivity contribution in [2.24, 2.45) is 5.92 Å². The first kappa shape index (κ1) is 21.4. The second-order valence-electron chi connectivity index (χ2n) is 7.16. The number of aryl methyl sites for hydroxylation is 1. The summed E-state index contributed by atoms with van der Waals surface area (Å²) < 4.78 is 32.2. The minimum atomic E-state index is -3.65. The van der Waals surface area contributed by atoms with E-state index in [1.807, 2.05) is 0 Å².